The number of benzene rings is 4. The van der Waals surface area contributed by atoms with Gasteiger partial charge in [0.15, 0.2) is 5.75 Å². The number of phenolic OH excluding ortho intramolecular Hbond substituents is 1. The predicted molar refractivity (Wildman–Crippen MR) is 221 cm³/mol. The van der Waals surface area contributed by atoms with Gasteiger partial charge in [-0.2, -0.15) is 13.2 Å². The van der Waals surface area contributed by atoms with Crippen LogP contribution in [-0.4, -0.2) is 77.3 Å². The lowest BCUT2D eigenvalue weighted by Gasteiger charge is -2.38. The molecular formula is C46H43F3N4O6S. The van der Waals surface area contributed by atoms with E-state index in [2.05, 4.69) is 27.2 Å². The number of alkyl halides is 3. The van der Waals surface area contributed by atoms with Gasteiger partial charge in [-0.25, -0.2) is 0 Å². The third-order valence-electron chi connectivity index (χ3n) is 12.4. The number of phenols is 1. The number of thiophene rings is 1. The Morgan fingerprint density at radius 3 is 2.17 bits per heavy atom. The Labute approximate surface area is 348 Å². The van der Waals surface area contributed by atoms with Gasteiger partial charge in [-0.1, -0.05) is 24.3 Å². The molecule has 310 valence electrons. The third kappa shape index (κ3) is 7.97. The molecule has 0 spiro atoms. The monoisotopic (exact) mass is 836 g/mol. The van der Waals surface area contributed by atoms with Crippen molar-refractivity contribution in [2.45, 2.75) is 57.2 Å². The first-order valence-corrected chi connectivity index (χ1v) is 21.2. The zero-order chi connectivity index (χ0) is 41.7. The zero-order valence-corrected chi connectivity index (χ0v) is 33.5. The number of carbonyl (C=O) groups excluding carboxylic acids is 4. The fourth-order valence-corrected chi connectivity index (χ4v) is 10.2. The number of anilines is 1. The van der Waals surface area contributed by atoms with E-state index in [9.17, 15) is 37.5 Å². The van der Waals surface area contributed by atoms with Gasteiger partial charge in [0.2, 0.25) is 11.8 Å². The van der Waals surface area contributed by atoms with Crippen molar-refractivity contribution in [1.82, 2.24) is 15.1 Å². The molecule has 10 nitrogen and oxygen atoms in total. The van der Waals surface area contributed by atoms with Crippen molar-refractivity contribution in [1.29, 1.82) is 0 Å². The number of ether oxygens (including phenoxy) is 1. The van der Waals surface area contributed by atoms with Crippen LogP contribution in [0.4, 0.5) is 18.9 Å². The smallest absolute Gasteiger partial charge is 0.416 e. The summed E-state index contributed by atoms with van der Waals surface area (Å²) in [5.41, 5.74) is 2.59. The lowest BCUT2D eigenvalue weighted by Crippen LogP contribution is -2.54. The summed E-state index contributed by atoms with van der Waals surface area (Å²) >= 11 is 1.36. The number of aromatic hydroxyl groups is 1. The van der Waals surface area contributed by atoms with E-state index in [0.717, 1.165) is 97.6 Å². The molecule has 4 amide bonds. The number of nitrogens with zero attached hydrogens (tertiary/aromatic N) is 3. The third-order valence-corrected chi connectivity index (χ3v) is 13.6. The summed E-state index contributed by atoms with van der Waals surface area (Å²) in [5.74, 6) is 0.399. The van der Waals surface area contributed by atoms with Gasteiger partial charge in [0.25, 0.3) is 11.8 Å². The molecule has 3 fully saturated rings. The van der Waals surface area contributed by atoms with Gasteiger partial charge in [0, 0.05) is 41.8 Å². The van der Waals surface area contributed by atoms with Gasteiger partial charge in [-0.15, -0.1) is 11.3 Å². The van der Waals surface area contributed by atoms with Gasteiger partial charge < -0.3 is 19.6 Å². The average Bonchev–Trinajstić information content (AvgIpc) is 3.71. The van der Waals surface area contributed by atoms with Gasteiger partial charge in [-0.05, 0) is 135 Å². The van der Waals surface area contributed by atoms with Crippen molar-refractivity contribution in [3.63, 3.8) is 0 Å². The summed E-state index contributed by atoms with van der Waals surface area (Å²) in [7, 11) is 0. The Bertz CT molecular complexity index is 2470. The highest BCUT2D eigenvalue weighted by Gasteiger charge is 2.45. The summed E-state index contributed by atoms with van der Waals surface area (Å²) in [6, 6.07) is 22.4. The van der Waals surface area contributed by atoms with Crippen molar-refractivity contribution >= 4 is 50.7 Å². The van der Waals surface area contributed by atoms with Crippen molar-refractivity contribution in [3.8, 4) is 27.7 Å². The van der Waals surface area contributed by atoms with Crippen LogP contribution >= 0.6 is 11.3 Å². The van der Waals surface area contributed by atoms with E-state index >= 15 is 0 Å². The Morgan fingerprint density at radius 1 is 0.767 bits per heavy atom. The Kier molecular flexibility index (Phi) is 10.6. The molecule has 4 aromatic carbocycles. The van der Waals surface area contributed by atoms with Crippen LogP contribution in [-0.2, 0) is 22.2 Å². The van der Waals surface area contributed by atoms with Gasteiger partial charge in [-0.3, -0.25) is 29.4 Å². The first kappa shape index (κ1) is 39.7. The molecule has 5 heterocycles. The maximum Gasteiger partial charge on any atom is 0.416 e. The van der Waals surface area contributed by atoms with Crippen LogP contribution in [0, 0.1) is 11.8 Å². The molecule has 0 saturated carbocycles. The molecule has 0 aliphatic carbocycles. The number of nitrogens with one attached hydrogen (secondary N) is 1. The molecule has 9 rings (SSSR count). The molecule has 4 aliphatic heterocycles. The normalized spacial score (nSPS) is 19.6. The number of imide groups is 2. The quantitative estimate of drug-likeness (QED) is 0.142. The topological polar surface area (TPSA) is 119 Å². The molecule has 1 aromatic heterocycles. The van der Waals surface area contributed by atoms with E-state index in [1.165, 1.54) is 29.0 Å². The van der Waals surface area contributed by atoms with Crippen LogP contribution in [0.25, 0.3) is 20.5 Å². The van der Waals surface area contributed by atoms with Crippen molar-refractivity contribution in [2.24, 2.45) is 11.8 Å². The number of likely N-dealkylation sites (tertiary alicyclic amines) is 1. The fourth-order valence-electron chi connectivity index (χ4n) is 9.08. The lowest BCUT2D eigenvalue weighted by atomic mass is 9.89. The van der Waals surface area contributed by atoms with Crippen LogP contribution in [0.15, 0.2) is 84.9 Å². The van der Waals surface area contributed by atoms with Crippen LogP contribution in [0.1, 0.15) is 70.4 Å². The van der Waals surface area contributed by atoms with E-state index in [1.807, 2.05) is 18.2 Å². The van der Waals surface area contributed by atoms with E-state index in [1.54, 1.807) is 30.3 Å². The molecule has 5 aromatic rings. The summed E-state index contributed by atoms with van der Waals surface area (Å²) in [6.45, 7) is 4.84. The molecule has 14 heteroatoms. The number of hydrogen-bond acceptors (Lipinski definition) is 9. The predicted octanol–water partition coefficient (Wildman–Crippen LogP) is 8.66. The van der Waals surface area contributed by atoms with E-state index in [4.69, 9.17) is 4.74 Å². The number of amides is 4. The summed E-state index contributed by atoms with van der Waals surface area (Å²) < 4.78 is 47.0. The first-order valence-electron chi connectivity index (χ1n) is 20.4. The number of carbonyl (C=O) groups is 4. The van der Waals surface area contributed by atoms with Crippen molar-refractivity contribution in [3.05, 3.63) is 107 Å². The largest absolute Gasteiger partial charge is 0.508 e. The molecule has 4 aliphatic rings. The molecule has 0 radical (unpaired) electrons. The minimum Gasteiger partial charge on any atom is -0.508 e. The van der Waals surface area contributed by atoms with Crippen LogP contribution in [0.2, 0.25) is 0 Å². The van der Waals surface area contributed by atoms with Crippen LogP contribution in [0.3, 0.4) is 0 Å². The number of piperidine rings is 3. The highest BCUT2D eigenvalue weighted by atomic mass is 32.1. The first-order chi connectivity index (χ1) is 28.9. The second-order valence-corrected chi connectivity index (χ2v) is 17.4. The summed E-state index contributed by atoms with van der Waals surface area (Å²) in [4.78, 5) is 57.1. The van der Waals surface area contributed by atoms with E-state index in [-0.39, 0.29) is 18.6 Å². The van der Waals surface area contributed by atoms with Crippen molar-refractivity contribution < 1.29 is 42.2 Å². The molecular weight excluding hydrogens is 794 g/mol. The Morgan fingerprint density at radius 2 is 1.47 bits per heavy atom. The van der Waals surface area contributed by atoms with Crippen LogP contribution in [0.5, 0.6) is 17.2 Å². The second kappa shape index (κ2) is 16.0. The van der Waals surface area contributed by atoms with E-state index < -0.39 is 41.4 Å². The molecule has 3 saturated heterocycles. The highest BCUT2D eigenvalue weighted by molar-refractivity contribution is 7.22. The minimum atomic E-state index is -4.43. The lowest BCUT2D eigenvalue weighted by molar-refractivity contribution is -0.138. The summed E-state index contributed by atoms with van der Waals surface area (Å²) in [5, 5.41) is 13.1. The zero-order valence-electron chi connectivity index (χ0n) is 32.7. The molecule has 2 N–H and O–H groups in total. The minimum absolute atomic E-state index is 0.0853. The number of halogens is 3. The maximum atomic E-state index is 13.3. The second-order valence-electron chi connectivity index (χ2n) is 16.3. The van der Waals surface area contributed by atoms with Crippen LogP contribution < -0.4 is 15.0 Å². The van der Waals surface area contributed by atoms with Crippen molar-refractivity contribution in [2.75, 3.05) is 37.6 Å². The molecule has 60 heavy (non-hydrogen) atoms. The number of fused-ring (bicyclic) bond motifs is 2. The Balaban J connectivity index is 0.759. The highest BCUT2D eigenvalue weighted by Crippen LogP contribution is 2.47. The number of hydrogen-bond donors (Lipinski definition) is 2. The van der Waals surface area contributed by atoms with Gasteiger partial charge >= 0.3 is 6.18 Å². The van der Waals surface area contributed by atoms with Gasteiger partial charge in [0.05, 0.1) is 21.6 Å². The molecule has 1 atom stereocenters. The number of rotatable bonds is 9. The average molecular weight is 837 g/mol. The standard InChI is InChI=1S/C46H43F3N4O6S/c47-46(48,49)31-5-3-30(4-6-31)42-41(36-12-8-33(54)25-39(36)60-42)59-34-9-1-27(2-10-34)23-28-15-19-51(20-16-28)26-29-17-21-52(22-18-29)32-7-11-35-37(24-32)45(58)53(44(35)57)38-13-14-40(55)50-43(38)56/h1-12,24-25,28-29,38,54H,13-23,26H2,(H,50,55,56). The fraction of sp³-hybridized carbons (Fsp3) is 0.348. The SMILES string of the molecule is O=C1CCC(N2C(=O)c3ccc(N4CCC(CN5CCC(Cc6ccc(Oc7c(-c8ccc(C(F)(F)F)cc8)sc8cc(O)ccc78)cc6)CC5)CC4)cc3C2=O)C(=O)N1. The van der Waals surface area contributed by atoms with Gasteiger partial charge in [0.1, 0.15) is 17.5 Å². The maximum absolute atomic E-state index is 13.3. The molecule has 1 unspecified atom stereocenters. The van der Waals surface area contributed by atoms with E-state index in [0.29, 0.717) is 44.9 Å². The molecule has 0 bridgehead atoms. The Hall–Kier alpha value is -5.73. The summed E-state index contributed by atoms with van der Waals surface area (Å²) in [6.07, 6.45) is 1.02.